The van der Waals surface area contributed by atoms with Crippen LogP contribution in [0.3, 0.4) is 0 Å². The Morgan fingerprint density at radius 2 is 1.95 bits per heavy atom. The minimum absolute atomic E-state index is 0.0704. The number of likely N-dealkylation sites (tertiary alicyclic amines) is 1. The van der Waals surface area contributed by atoms with Gasteiger partial charge in [0.1, 0.15) is 11.5 Å². The van der Waals surface area contributed by atoms with E-state index in [0.29, 0.717) is 22.7 Å². The van der Waals surface area contributed by atoms with Crippen LogP contribution in [-0.2, 0) is 11.3 Å². The van der Waals surface area contributed by atoms with E-state index in [1.165, 1.54) is 12.8 Å². The summed E-state index contributed by atoms with van der Waals surface area (Å²) in [4.78, 5) is 27.4. The first kappa shape index (κ1) is 29.2. The molecule has 0 radical (unpaired) electrons. The van der Waals surface area contributed by atoms with Crippen LogP contribution in [0.2, 0.25) is 0 Å². The van der Waals surface area contributed by atoms with E-state index in [1.807, 2.05) is 51.1 Å². The number of halogens is 1. The smallest absolute Gasteiger partial charge is 0.226 e. The molecule has 1 aliphatic heterocycles. The highest BCUT2D eigenvalue weighted by atomic mass is 19.1. The summed E-state index contributed by atoms with van der Waals surface area (Å²) in [6.45, 7) is 12.3. The lowest BCUT2D eigenvalue weighted by Gasteiger charge is -2.15. The highest BCUT2D eigenvalue weighted by molar-refractivity contribution is 5.98. The molecule has 8 nitrogen and oxygen atoms in total. The zero-order chi connectivity index (χ0) is 30.8. The van der Waals surface area contributed by atoms with Gasteiger partial charge in [-0.05, 0) is 97.6 Å². The molecule has 224 valence electrons. The summed E-state index contributed by atoms with van der Waals surface area (Å²) in [5.74, 6) is 0.0982. The van der Waals surface area contributed by atoms with Gasteiger partial charge >= 0.3 is 0 Å². The number of carbonyl (C=O) groups excluding carboxylic acids is 1. The largest absolute Gasteiger partial charge is 0.335 e. The van der Waals surface area contributed by atoms with E-state index >= 15 is 0 Å². The number of carbonyl (C=O) groups is 1. The van der Waals surface area contributed by atoms with Crippen LogP contribution in [-0.4, -0.2) is 49.0 Å². The molecular weight excluding hydrogens is 553 g/mol. The number of imidazole rings is 1. The number of hydrogen-bond donors (Lipinski definition) is 3. The molecule has 6 rings (SSSR count). The van der Waals surface area contributed by atoms with E-state index in [2.05, 4.69) is 43.0 Å². The van der Waals surface area contributed by atoms with Gasteiger partial charge in [-0.2, -0.15) is 5.10 Å². The Hall–Kier alpha value is -4.89. The number of rotatable bonds is 9. The van der Waals surface area contributed by atoms with Crippen LogP contribution in [0.1, 0.15) is 44.7 Å². The molecule has 1 amide bonds. The molecule has 0 saturated carbocycles. The average Bonchev–Trinajstić information content (AvgIpc) is 3.78. The van der Waals surface area contributed by atoms with Gasteiger partial charge in [0.2, 0.25) is 5.91 Å². The number of fused-ring (bicyclic) bond motifs is 2. The molecule has 3 N–H and O–H groups in total. The second-order valence-corrected chi connectivity index (χ2v) is 11.5. The summed E-state index contributed by atoms with van der Waals surface area (Å²) < 4.78 is 14.8. The van der Waals surface area contributed by atoms with Crippen molar-refractivity contribution < 1.29 is 9.18 Å². The number of pyridine rings is 1. The summed E-state index contributed by atoms with van der Waals surface area (Å²) in [5.41, 5.74) is 7.91. The number of nitrogens with one attached hydrogen (secondary N) is 3. The molecule has 0 spiro atoms. The highest BCUT2D eigenvalue weighted by Crippen LogP contribution is 2.33. The third-order valence-corrected chi connectivity index (χ3v) is 8.02. The van der Waals surface area contributed by atoms with E-state index in [1.54, 1.807) is 30.6 Å². The monoisotopic (exact) mass is 589 g/mol. The van der Waals surface area contributed by atoms with Gasteiger partial charge in [0.25, 0.3) is 0 Å². The first-order chi connectivity index (χ1) is 21.3. The first-order valence-corrected chi connectivity index (χ1v) is 15.0. The van der Waals surface area contributed by atoms with Gasteiger partial charge in [-0.1, -0.05) is 32.6 Å². The summed E-state index contributed by atoms with van der Waals surface area (Å²) >= 11 is 0. The van der Waals surface area contributed by atoms with Crippen LogP contribution in [0.4, 0.5) is 4.39 Å². The Kier molecular flexibility index (Phi) is 8.21. The SMILES string of the molecule is C=C/C(=C\C(=C/C)c1ccc2[nH]nc(-c3nc4c(-c5cc(F)cc(CN6CCCC6)c5)cncc4[nH]3)c2c1)NC(=O)C(C)C. The molecule has 4 heterocycles. The number of aromatic nitrogens is 5. The fourth-order valence-corrected chi connectivity index (χ4v) is 5.66. The van der Waals surface area contributed by atoms with Gasteiger partial charge in [0.05, 0.1) is 22.7 Å². The zero-order valence-electron chi connectivity index (χ0n) is 25.2. The van der Waals surface area contributed by atoms with Gasteiger partial charge in [0.15, 0.2) is 5.82 Å². The van der Waals surface area contributed by atoms with Crippen LogP contribution >= 0.6 is 0 Å². The summed E-state index contributed by atoms with van der Waals surface area (Å²) in [7, 11) is 0. The van der Waals surface area contributed by atoms with Crippen molar-refractivity contribution in [3.63, 3.8) is 0 Å². The van der Waals surface area contributed by atoms with Gasteiger partial charge < -0.3 is 10.3 Å². The van der Waals surface area contributed by atoms with E-state index in [0.717, 1.165) is 63.9 Å². The molecule has 44 heavy (non-hydrogen) atoms. The Morgan fingerprint density at radius 3 is 2.70 bits per heavy atom. The number of amides is 1. The van der Waals surface area contributed by atoms with Crippen molar-refractivity contribution in [2.24, 2.45) is 5.92 Å². The van der Waals surface area contributed by atoms with Gasteiger partial charge in [0, 0.05) is 35.3 Å². The Labute approximate surface area is 255 Å². The average molecular weight is 590 g/mol. The molecule has 1 saturated heterocycles. The van der Waals surface area contributed by atoms with Crippen LogP contribution in [0.15, 0.2) is 79.3 Å². The summed E-state index contributed by atoms with van der Waals surface area (Å²) in [5, 5.41) is 11.5. The van der Waals surface area contributed by atoms with Gasteiger partial charge in [-0.25, -0.2) is 9.37 Å². The molecular formula is C35H36FN7O. The fourth-order valence-electron chi connectivity index (χ4n) is 5.66. The Balaban J connectivity index is 1.36. The highest BCUT2D eigenvalue weighted by Gasteiger charge is 2.18. The van der Waals surface area contributed by atoms with Gasteiger partial charge in [-0.3, -0.25) is 19.8 Å². The second kappa shape index (κ2) is 12.4. The molecule has 0 atom stereocenters. The van der Waals surface area contributed by atoms with Crippen LogP contribution in [0.25, 0.3) is 50.2 Å². The van der Waals surface area contributed by atoms with Gasteiger partial charge in [-0.15, -0.1) is 0 Å². The number of benzene rings is 2. The molecule has 2 aromatic carbocycles. The number of allylic oxidation sites excluding steroid dienone is 4. The van der Waals surface area contributed by atoms with Crippen molar-refractivity contribution in [1.29, 1.82) is 0 Å². The van der Waals surface area contributed by atoms with E-state index < -0.39 is 0 Å². The second-order valence-electron chi connectivity index (χ2n) is 11.5. The maximum absolute atomic E-state index is 14.8. The maximum Gasteiger partial charge on any atom is 0.226 e. The maximum atomic E-state index is 14.8. The number of nitrogens with zero attached hydrogens (tertiary/aromatic N) is 4. The van der Waals surface area contributed by atoms with Crippen molar-refractivity contribution in [3.8, 4) is 22.6 Å². The number of aromatic amines is 2. The Morgan fingerprint density at radius 1 is 1.14 bits per heavy atom. The lowest BCUT2D eigenvalue weighted by Crippen LogP contribution is -2.26. The minimum atomic E-state index is -0.271. The first-order valence-electron chi connectivity index (χ1n) is 15.0. The lowest BCUT2D eigenvalue weighted by molar-refractivity contribution is -0.123. The molecule has 1 fully saturated rings. The van der Waals surface area contributed by atoms with Crippen molar-refractivity contribution in [2.75, 3.05) is 13.1 Å². The van der Waals surface area contributed by atoms with E-state index in [4.69, 9.17) is 4.98 Å². The molecule has 1 aliphatic rings. The topological polar surface area (TPSA) is 103 Å². The van der Waals surface area contributed by atoms with Crippen molar-refractivity contribution in [2.45, 2.75) is 40.2 Å². The summed E-state index contributed by atoms with van der Waals surface area (Å²) in [6.07, 6.45) is 11.4. The molecule has 3 aromatic heterocycles. The van der Waals surface area contributed by atoms with Crippen molar-refractivity contribution in [1.82, 2.24) is 35.4 Å². The Bertz CT molecular complexity index is 1920. The molecule has 9 heteroatoms. The third-order valence-electron chi connectivity index (χ3n) is 8.02. The molecule has 0 unspecified atom stereocenters. The van der Waals surface area contributed by atoms with Crippen LogP contribution in [0, 0.1) is 11.7 Å². The molecule has 0 bridgehead atoms. The van der Waals surface area contributed by atoms with Crippen molar-refractivity contribution in [3.05, 3.63) is 96.2 Å². The quantitative estimate of drug-likeness (QED) is 0.159. The standard InChI is InChI=1S/C35H36FN7O/c1-5-23(16-27(6-2)38-35(44)21(3)4)24-9-10-30-28(17-24)33(42-41-30)34-39-31-19-37-18-29(32(31)40-34)25-13-22(14-26(36)15-25)20-43-11-7-8-12-43/h5-6,9-10,13-19,21H,2,7-8,11-12,20H2,1,3-4H3,(H,38,44)(H,39,40)(H,41,42)/b23-5+,27-16+. The van der Waals surface area contributed by atoms with Crippen LogP contribution < -0.4 is 5.32 Å². The predicted molar refractivity (Wildman–Crippen MR) is 174 cm³/mol. The van der Waals surface area contributed by atoms with Crippen LogP contribution in [0.5, 0.6) is 0 Å². The van der Waals surface area contributed by atoms with Crippen molar-refractivity contribution >= 4 is 33.4 Å². The van der Waals surface area contributed by atoms with E-state index in [9.17, 15) is 9.18 Å². The zero-order valence-corrected chi connectivity index (χ0v) is 25.2. The molecule has 5 aromatic rings. The minimum Gasteiger partial charge on any atom is -0.335 e. The number of H-pyrrole nitrogens is 2. The number of hydrogen-bond acceptors (Lipinski definition) is 5. The third kappa shape index (κ3) is 5.96. The predicted octanol–water partition coefficient (Wildman–Crippen LogP) is 7.15. The normalized spacial score (nSPS) is 14.7. The summed E-state index contributed by atoms with van der Waals surface area (Å²) in [6, 6.07) is 11.2. The van der Waals surface area contributed by atoms with E-state index in [-0.39, 0.29) is 17.6 Å². The fraction of sp³-hybridized carbons (Fsp3) is 0.257. The molecule has 0 aliphatic carbocycles. The lowest BCUT2D eigenvalue weighted by atomic mass is 10.0.